The number of amides is 2. The third-order valence-corrected chi connectivity index (χ3v) is 4.66. The number of hydrogen-bond acceptors (Lipinski definition) is 3. The van der Waals surface area contributed by atoms with Crippen LogP contribution in [0.3, 0.4) is 0 Å². The Balaban J connectivity index is 1.42. The average molecular weight is 366 g/mol. The zero-order chi connectivity index (χ0) is 18.9. The Morgan fingerprint density at radius 2 is 1.59 bits per heavy atom. The Hall–Kier alpha value is -2.66. The molecule has 3 rings (SSSR count). The van der Waals surface area contributed by atoms with Crippen LogP contribution < -0.4 is 10.6 Å². The van der Waals surface area contributed by atoms with E-state index in [-0.39, 0.29) is 11.8 Å². The van der Waals surface area contributed by atoms with E-state index in [9.17, 15) is 9.59 Å². The fourth-order valence-corrected chi connectivity index (χ4v) is 3.21. The molecular formula is C22H26N2O3. The predicted molar refractivity (Wildman–Crippen MR) is 107 cm³/mol. The molecule has 0 saturated carbocycles. The SMILES string of the molecule is O=C(CCc1ccccc1)Nc1ccc(NC(=O)CC2CCCOC2)cc1. The van der Waals surface area contributed by atoms with Crippen molar-refractivity contribution in [3.8, 4) is 0 Å². The van der Waals surface area contributed by atoms with Crippen LogP contribution in [-0.4, -0.2) is 25.0 Å². The smallest absolute Gasteiger partial charge is 0.224 e. The van der Waals surface area contributed by atoms with Gasteiger partial charge in [-0.05, 0) is 55.0 Å². The Labute approximate surface area is 160 Å². The van der Waals surface area contributed by atoms with Gasteiger partial charge in [-0.25, -0.2) is 0 Å². The van der Waals surface area contributed by atoms with Crippen molar-refractivity contribution >= 4 is 23.2 Å². The molecule has 0 bridgehead atoms. The van der Waals surface area contributed by atoms with Crippen LogP contribution in [0.5, 0.6) is 0 Å². The maximum absolute atomic E-state index is 12.1. The summed E-state index contributed by atoms with van der Waals surface area (Å²) in [5, 5.41) is 5.80. The first kappa shape index (κ1) is 19.1. The summed E-state index contributed by atoms with van der Waals surface area (Å²) in [6, 6.07) is 17.2. The van der Waals surface area contributed by atoms with Gasteiger partial charge in [0.25, 0.3) is 0 Å². The molecule has 1 heterocycles. The molecule has 1 aliphatic heterocycles. The molecule has 0 radical (unpaired) electrons. The minimum absolute atomic E-state index is 0.00477. The Morgan fingerprint density at radius 3 is 2.22 bits per heavy atom. The minimum atomic E-state index is -0.0204. The van der Waals surface area contributed by atoms with Gasteiger partial charge < -0.3 is 15.4 Å². The number of anilines is 2. The van der Waals surface area contributed by atoms with E-state index < -0.39 is 0 Å². The molecule has 1 aliphatic rings. The van der Waals surface area contributed by atoms with Gasteiger partial charge in [0.2, 0.25) is 11.8 Å². The normalized spacial score (nSPS) is 16.5. The fraction of sp³-hybridized carbons (Fsp3) is 0.364. The predicted octanol–water partition coefficient (Wildman–Crippen LogP) is 4.01. The van der Waals surface area contributed by atoms with E-state index in [1.54, 1.807) is 12.1 Å². The third kappa shape index (κ3) is 6.53. The second-order valence-corrected chi connectivity index (χ2v) is 6.95. The van der Waals surface area contributed by atoms with Crippen molar-refractivity contribution in [2.24, 2.45) is 5.92 Å². The standard InChI is InChI=1S/C22H26N2O3/c25-21(13-8-17-5-2-1-3-6-17)23-19-9-11-20(12-10-19)24-22(26)15-18-7-4-14-27-16-18/h1-3,5-6,9-12,18H,4,7-8,13-16H2,(H,23,25)(H,24,26). The van der Waals surface area contributed by atoms with Crippen molar-refractivity contribution in [3.05, 3.63) is 60.2 Å². The van der Waals surface area contributed by atoms with E-state index in [1.807, 2.05) is 42.5 Å². The van der Waals surface area contributed by atoms with Crippen molar-refractivity contribution in [2.75, 3.05) is 23.8 Å². The molecule has 1 atom stereocenters. The van der Waals surface area contributed by atoms with Crippen LogP contribution in [0.2, 0.25) is 0 Å². The number of carbonyl (C=O) groups is 2. The van der Waals surface area contributed by atoms with Crippen molar-refractivity contribution in [1.29, 1.82) is 0 Å². The molecule has 27 heavy (non-hydrogen) atoms. The molecule has 0 spiro atoms. The van der Waals surface area contributed by atoms with Crippen LogP contribution in [0.15, 0.2) is 54.6 Å². The van der Waals surface area contributed by atoms with Gasteiger partial charge in [-0.3, -0.25) is 9.59 Å². The lowest BCUT2D eigenvalue weighted by atomic mass is 9.98. The molecule has 0 aliphatic carbocycles. The molecule has 0 aromatic heterocycles. The monoisotopic (exact) mass is 366 g/mol. The number of carbonyl (C=O) groups excluding carboxylic acids is 2. The summed E-state index contributed by atoms with van der Waals surface area (Å²) in [6.45, 7) is 1.47. The van der Waals surface area contributed by atoms with Gasteiger partial charge in [0.15, 0.2) is 0 Å². The number of benzene rings is 2. The topological polar surface area (TPSA) is 67.4 Å². The van der Waals surface area contributed by atoms with Gasteiger partial charge in [-0.2, -0.15) is 0 Å². The molecule has 2 amide bonds. The molecule has 1 unspecified atom stereocenters. The largest absolute Gasteiger partial charge is 0.381 e. The second-order valence-electron chi connectivity index (χ2n) is 6.95. The first-order chi connectivity index (χ1) is 13.2. The maximum atomic E-state index is 12.1. The highest BCUT2D eigenvalue weighted by molar-refractivity contribution is 5.93. The summed E-state index contributed by atoms with van der Waals surface area (Å²) in [4.78, 5) is 24.2. The average Bonchev–Trinajstić information content (AvgIpc) is 2.69. The van der Waals surface area contributed by atoms with Crippen LogP contribution in [0, 0.1) is 5.92 Å². The summed E-state index contributed by atoms with van der Waals surface area (Å²) in [7, 11) is 0. The van der Waals surface area contributed by atoms with Crippen LogP contribution in [0.1, 0.15) is 31.2 Å². The van der Waals surface area contributed by atoms with E-state index in [0.717, 1.165) is 36.4 Å². The van der Waals surface area contributed by atoms with Gasteiger partial charge >= 0.3 is 0 Å². The van der Waals surface area contributed by atoms with Gasteiger partial charge in [-0.1, -0.05) is 30.3 Å². The summed E-state index contributed by atoms with van der Waals surface area (Å²) in [5.41, 5.74) is 2.61. The van der Waals surface area contributed by atoms with Gasteiger partial charge in [0.1, 0.15) is 0 Å². The highest BCUT2D eigenvalue weighted by atomic mass is 16.5. The van der Waals surface area contributed by atoms with Crippen molar-refractivity contribution < 1.29 is 14.3 Å². The number of ether oxygens (including phenoxy) is 1. The molecule has 5 heteroatoms. The first-order valence-electron chi connectivity index (χ1n) is 9.50. The molecule has 1 saturated heterocycles. The summed E-state index contributed by atoms with van der Waals surface area (Å²) >= 11 is 0. The summed E-state index contributed by atoms with van der Waals surface area (Å²) in [5.74, 6) is 0.292. The van der Waals surface area contributed by atoms with Gasteiger partial charge in [0.05, 0.1) is 0 Å². The van der Waals surface area contributed by atoms with E-state index >= 15 is 0 Å². The lowest BCUT2D eigenvalue weighted by molar-refractivity contribution is -0.118. The molecule has 2 aromatic carbocycles. The highest BCUT2D eigenvalue weighted by Gasteiger charge is 2.17. The van der Waals surface area contributed by atoms with E-state index in [2.05, 4.69) is 10.6 Å². The number of hydrogen-bond donors (Lipinski definition) is 2. The van der Waals surface area contributed by atoms with E-state index in [1.165, 1.54) is 0 Å². The highest BCUT2D eigenvalue weighted by Crippen LogP contribution is 2.19. The van der Waals surface area contributed by atoms with Gasteiger partial charge in [-0.15, -0.1) is 0 Å². The quantitative estimate of drug-likeness (QED) is 0.778. The van der Waals surface area contributed by atoms with Crippen LogP contribution in [0.25, 0.3) is 0 Å². The minimum Gasteiger partial charge on any atom is -0.381 e. The molecule has 142 valence electrons. The molecule has 2 N–H and O–H groups in total. The number of aryl methyl sites for hydroxylation is 1. The van der Waals surface area contributed by atoms with Gasteiger partial charge in [0, 0.05) is 37.4 Å². The zero-order valence-electron chi connectivity index (χ0n) is 15.4. The number of nitrogens with one attached hydrogen (secondary N) is 2. The fourth-order valence-electron chi connectivity index (χ4n) is 3.21. The van der Waals surface area contributed by atoms with E-state index in [0.29, 0.717) is 31.8 Å². The van der Waals surface area contributed by atoms with E-state index in [4.69, 9.17) is 4.74 Å². The first-order valence-corrected chi connectivity index (χ1v) is 9.50. The molecule has 1 fully saturated rings. The Bertz CT molecular complexity index is 738. The van der Waals surface area contributed by atoms with Crippen LogP contribution in [0.4, 0.5) is 11.4 Å². The van der Waals surface area contributed by atoms with Crippen molar-refractivity contribution in [2.45, 2.75) is 32.1 Å². The van der Waals surface area contributed by atoms with Crippen molar-refractivity contribution in [3.63, 3.8) is 0 Å². The van der Waals surface area contributed by atoms with Crippen LogP contribution in [-0.2, 0) is 20.7 Å². The Kier molecular flexibility index (Phi) is 6.99. The zero-order valence-corrected chi connectivity index (χ0v) is 15.4. The van der Waals surface area contributed by atoms with Crippen LogP contribution >= 0.6 is 0 Å². The maximum Gasteiger partial charge on any atom is 0.224 e. The lowest BCUT2D eigenvalue weighted by Crippen LogP contribution is -2.23. The third-order valence-electron chi connectivity index (χ3n) is 4.66. The molecular weight excluding hydrogens is 340 g/mol. The lowest BCUT2D eigenvalue weighted by Gasteiger charge is -2.21. The number of rotatable bonds is 7. The second kappa shape index (κ2) is 9.88. The summed E-state index contributed by atoms with van der Waals surface area (Å²) < 4.78 is 5.41. The molecule has 5 nitrogen and oxygen atoms in total. The summed E-state index contributed by atoms with van der Waals surface area (Å²) in [6.07, 6.45) is 3.70. The van der Waals surface area contributed by atoms with Crippen molar-refractivity contribution in [1.82, 2.24) is 0 Å². The molecule has 2 aromatic rings. The Morgan fingerprint density at radius 1 is 0.926 bits per heavy atom.